The van der Waals surface area contributed by atoms with E-state index in [1.807, 2.05) is 4.90 Å². The van der Waals surface area contributed by atoms with Crippen molar-refractivity contribution in [1.82, 2.24) is 15.2 Å². The van der Waals surface area contributed by atoms with Crippen LogP contribution in [-0.4, -0.2) is 66.1 Å². The highest BCUT2D eigenvalue weighted by Crippen LogP contribution is 2.32. The molecule has 0 radical (unpaired) electrons. The summed E-state index contributed by atoms with van der Waals surface area (Å²) in [6.07, 6.45) is 3.97. The number of aromatic carboxylic acids is 1. The number of carbonyl (C=O) groups is 2. The smallest absolute Gasteiger partial charge is 0.417 e. The average molecular weight is 493 g/mol. The summed E-state index contributed by atoms with van der Waals surface area (Å²) in [7, 11) is 2.07. The molecule has 1 aromatic heterocycles. The Morgan fingerprint density at radius 2 is 1.66 bits per heavy atom. The minimum absolute atomic E-state index is 0.0729. The third kappa shape index (κ3) is 7.17. The Hall–Kier alpha value is -3.14. The number of carboxylic acids is 1. The zero-order chi connectivity index (χ0) is 25.4. The summed E-state index contributed by atoms with van der Waals surface area (Å²) >= 11 is 0. The van der Waals surface area contributed by atoms with Crippen molar-refractivity contribution in [2.24, 2.45) is 0 Å². The molecule has 1 aliphatic carbocycles. The van der Waals surface area contributed by atoms with E-state index in [1.165, 1.54) is 67.5 Å². The number of nitrogens with zero attached hydrogens (tertiary/aromatic N) is 3. The molecular formula is C25H31F3N4O3. The Morgan fingerprint density at radius 1 is 1.00 bits per heavy atom. The fourth-order valence-electron chi connectivity index (χ4n) is 4.35. The second-order valence-corrected chi connectivity index (χ2v) is 8.65. The summed E-state index contributed by atoms with van der Waals surface area (Å²) in [5.41, 5.74) is -0.670. The molecule has 1 saturated heterocycles. The van der Waals surface area contributed by atoms with Gasteiger partial charge in [0.1, 0.15) is 5.69 Å². The molecule has 1 saturated carbocycles. The van der Waals surface area contributed by atoms with Crippen LogP contribution >= 0.6 is 0 Å². The lowest BCUT2D eigenvalue weighted by Crippen LogP contribution is -2.49. The van der Waals surface area contributed by atoms with Gasteiger partial charge in [-0.1, -0.05) is 31.4 Å². The maximum atomic E-state index is 13.1. The van der Waals surface area contributed by atoms with Crippen LogP contribution in [0.3, 0.4) is 0 Å². The Balaban J connectivity index is 0.000000363. The van der Waals surface area contributed by atoms with E-state index in [2.05, 4.69) is 17.3 Å². The van der Waals surface area contributed by atoms with Gasteiger partial charge in [-0.25, -0.2) is 9.78 Å². The van der Waals surface area contributed by atoms with Gasteiger partial charge < -0.3 is 20.2 Å². The van der Waals surface area contributed by atoms with Crippen LogP contribution in [0.5, 0.6) is 0 Å². The minimum atomic E-state index is -4.59. The van der Waals surface area contributed by atoms with Crippen LogP contribution in [0.1, 0.15) is 58.5 Å². The van der Waals surface area contributed by atoms with Gasteiger partial charge in [-0.15, -0.1) is 0 Å². The fraction of sp³-hybridized carbons (Fsp3) is 0.480. The lowest BCUT2D eigenvalue weighted by Gasteiger charge is -2.36. The zero-order valence-electron chi connectivity index (χ0n) is 19.7. The lowest BCUT2D eigenvalue weighted by molar-refractivity contribution is -0.138. The molecule has 0 unspecified atom stereocenters. The van der Waals surface area contributed by atoms with Crippen molar-refractivity contribution in [2.75, 3.05) is 38.1 Å². The van der Waals surface area contributed by atoms with Crippen LogP contribution in [0, 0.1) is 0 Å². The molecule has 0 spiro atoms. The van der Waals surface area contributed by atoms with Gasteiger partial charge in [-0.3, -0.25) is 4.79 Å². The topological polar surface area (TPSA) is 85.8 Å². The van der Waals surface area contributed by atoms with Crippen molar-refractivity contribution >= 4 is 17.6 Å². The highest BCUT2D eigenvalue weighted by molar-refractivity contribution is 5.96. The van der Waals surface area contributed by atoms with Gasteiger partial charge in [-0.05, 0) is 44.2 Å². The molecule has 7 nitrogen and oxygen atoms in total. The Kier molecular flexibility index (Phi) is 9.08. The molecule has 2 fully saturated rings. The summed E-state index contributed by atoms with van der Waals surface area (Å²) in [5, 5.41) is 12.2. The van der Waals surface area contributed by atoms with E-state index in [1.54, 1.807) is 6.07 Å². The van der Waals surface area contributed by atoms with Crippen molar-refractivity contribution in [2.45, 2.75) is 44.3 Å². The van der Waals surface area contributed by atoms with E-state index in [9.17, 15) is 22.8 Å². The quantitative estimate of drug-likeness (QED) is 0.662. The molecule has 2 aromatic rings. The van der Waals surface area contributed by atoms with Crippen LogP contribution in [0.25, 0.3) is 0 Å². The van der Waals surface area contributed by atoms with Gasteiger partial charge in [0.2, 0.25) is 0 Å². The highest BCUT2D eigenvalue weighted by Gasteiger charge is 2.36. The molecule has 1 aliphatic heterocycles. The molecule has 4 rings (SSSR count). The van der Waals surface area contributed by atoms with Crippen LogP contribution in [-0.2, 0) is 6.18 Å². The maximum absolute atomic E-state index is 13.1. The molecular weight excluding hydrogens is 461 g/mol. The van der Waals surface area contributed by atoms with Gasteiger partial charge >= 0.3 is 12.1 Å². The predicted molar refractivity (Wildman–Crippen MR) is 127 cm³/mol. The first-order chi connectivity index (χ1) is 16.7. The third-order valence-electron chi connectivity index (χ3n) is 6.38. The number of halogens is 3. The van der Waals surface area contributed by atoms with Crippen LogP contribution in [0.4, 0.5) is 18.9 Å². The predicted octanol–water partition coefficient (Wildman–Crippen LogP) is 4.30. The minimum Gasteiger partial charge on any atom is -0.477 e. The van der Waals surface area contributed by atoms with E-state index in [4.69, 9.17) is 5.11 Å². The molecule has 1 amide bonds. The number of aromatic nitrogens is 1. The van der Waals surface area contributed by atoms with Crippen LogP contribution in [0.15, 0.2) is 42.6 Å². The number of carbonyl (C=O) groups excluding carboxylic acids is 1. The van der Waals surface area contributed by atoms with Crippen LogP contribution in [0.2, 0.25) is 0 Å². The fourth-order valence-corrected chi connectivity index (χ4v) is 4.35. The van der Waals surface area contributed by atoms with Gasteiger partial charge in [0.15, 0.2) is 0 Å². The standard InChI is InChI=1S/C18H16F3N3O3.C7H15N/c19-18(20,21)14-4-2-1-3-13(14)16(25)24-9-7-23(8-10-24)12-5-6-15(17(26)27)22-11-12;1-8-7-5-3-2-4-6-7/h1-6,11H,7-10H2,(H,26,27);7-8H,2-6H2,1H3. The molecule has 0 atom stereocenters. The second-order valence-electron chi connectivity index (χ2n) is 8.65. The Morgan fingerprint density at radius 3 is 2.17 bits per heavy atom. The highest BCUT2D eigenvalue weighted by atomic mass is 19.4. The van der Waals surface area contributed by atoms with Crippen LogP contribution < -0.4 is 10.2 Å². The number of alkyl halides is 3. The second kappa shape index (κ2) is 12.0. The van der Waals surface area contributed by atoms with Gasteiger partial charge in [0.05, 0.1) is 23.0 Å². The molecule has 10 heteroatoms. The Labute approximate surface area is 202 Å². The number of nitrogens with one attached hydrogen (secondary N) is 1. The van der Waals surface area contributed by atoms with Gasteiger partial charge in [0.25, 0.3) is 5.91 Å². The normalized spacial score (nSPS) is 16.9. The SMILES string of the molecule is CNC1CCCCC1.O=C(O)c1ccc(N2CCN(C(=O)c3ccccc3C(F)(F)F)CC2)cn1. The number of hydrogen-bond donors (Lipinski definition) is 2. The number of piperazine rings is 1. The van der Waals surface area contributed by atoms with Gasteiger partial charge in [-0.2, -0.15) is 13.2 Å². The van der Waals surface area contributed by atoms with Gasteiger partial charge in [0, 0.05) is 32.2 Å². The summed E-state index contributed by atoms with van der Waals surface area (Å²) < 4.78 is 39.4. The zero-order valence-corrected chi connectivity index (χ0v) is 19.7. The molecule has 1 aromatic carbocycles. The Bertz CT molecular complexity index is 984. The summed E-state index contributed by atoms with van der Waals surface area (Å²) in [6.45, 7) is 1.33. The monoisotopic (exact) mass is 492 g/mol. The summed E-state index contributed by atoms with van der Waals surface area (Å²) in [4.78, 5) is 30.5. The number of amides is 1. The average Bonchev–Trinajstić information content (AvgIpc) is 2.89. The number of carboxylic acid groups (broad SMARTS) is 1. The van der Waals surface area contributed by atoms with Crippen molar-refractivity contribution in [3.05, 3.63) is 59.4 Å². The first-order valence-corrected chi connectivity index (χ1v) is 11.8. The van der Waals surface area contributed by atoms with Crippen molar-refractivity contribution in [1.29, 1.82) is 0 Å². The summed E-state index contributed by atoms with van der Waals surface area (Å²) in [5.74, 6) is -1.78. The number of benzene rings is 1. The number of anilines is 1. The van der Waals surface area contributed by atoms with Crippen molar-refractivity contribution in [3.8, 4) is 0 Å². The van der Waals surface area contributed by atoms with Crippen molar-refractivity contribution in [3.63, 3.8) is 0 Å². The first kappa shape index (κ1) is 26.5. The molecule has 2 aliphatic rings. The number of pyridine rings is 1. The third-order valence-corrected chi connectivity index (χ3v) is 6.38. The van der Waals surface area contributed by atoms with E-state index in [0.29, 0.717) is 18.8 Å². The maximum Gasteiger partial charge on any atom is 0.417 e. The molecule has 0 bridgehead atoms. The molecule has 190 valence electrons. The van der Waals surface area contributed by atoms with E-state index in [-0.39, 0.29) is 24.3 Å². The lowest BCUT2D eigenvalue weighted by atomic mass is 9.96. The largest absolute Gasteiger partial charge is 0.477 e. The van der Waals surface area contributed by atoms with Crippen molar-refractivity contribution < 1.29 is 27.9 Å². The molecule has 2 heterocycles. The summed E-state index contributed by atoms with van der Waals surface area (Å²) in [6, 6.07) is 8.59. The first-order valence-electron chi connectivity index (χ1n) is 11.8. The number of rotatable bonds is 4. The van der Waals surface area contributed by atoms with E-state index < -0.39 is 23.6 Å². The van der Waals surface area contributed by atoms with E-state index in [0.717, 1.165) is 12.1 Å². The molecule has 35 heavy (non-hydrogen) atoms. The molecule has 2 N–H and O–H groups in total. The number of hydrogen-bond acceptors (Lipinski definition) is 5. The van der Waals surface area contributed by atoms with E-state index >= 15 is 0 Å².